The molecule has 0 spiro atoms. The number of nitrogens with two attached hydrogens (primary N) is 1. The van der Waals surface area contributed by atoms with Gasteiger partial charge in [-0.2, -0.15) is 0 Å². The molecule has 1 heterocycles. The van der Waals surface area contributed by atoms with E-state index in [1.54, 1.807) is 43.3 Å². The number of carbonyl (C=O) groups is 3. The van der Waals surface area contributed by atoms with Crippen molar-refractivity contribution in [2.75, 3.05) is 0 Å². The number of carboxylic acids is 1. The fourth-order valence-electron chi connectivity index (χ4n) is 3.80. The number of imide groups is 1. The summed E-state index contributed by atoms with van der Waals surface area (Å²) in [5, 5.41) is 31.0. The molecule has 9 heteroatoms. The number of phenolic OH excluding ortho intramolecular Hbond substituents is 1. The van der Waals surface area contributed by atoms with Gasteiger partial charge in [0.15, 0.2) is 6.04 Å². The van der Waals surface area contributed by atoms with Crippen LogP contribution < -0.4 is 5.73 Å². The third-order valence-electron chi connectivity index (χ3n) is 5.45. The first-order valence-corrected chi connectivity index (χ1v) is 10.6. The first-order chi connectivity index (χ1) is 15.7. The molecular formula is C24H27N3O6. The molecule has 3 rings (SSSR count). The van der Waals surface area contributed by atoms with E-state index in [1.807, 2.05) is 0 Å². The number of aromatic amines is 1. The fraction of sp³-hybridized carbons (Fsp3) is 0.292. The Bertz CT molecular complexity index is 1140. The summed E-state index contributed by atoms with van der Waals surface area (Å²) in [4.78, 5) is 42.0. The maximum atomic E-state index is 13.3. The van der Waals surface area contributed by atoms with Crippen LogP contribution in [0.2, 0.25) is 0 Å². The van der Waals surface area contributed by atoms with Crippen molar-refractivity contribution >= 4 is 28.7 Å². The third kappa shape index (κ3) is 5.21. The summed E-state index contributed by atoms with van der Waals surface area (Å²) >= 11 is 0. The largest absolute Gasteiger partial charge is 0.508 e. The molecule has 6 N–H and O–H groups in total. The number of nitrogens with one attached hydrogen (secondary N) is 1. The highest BCUT2D eigenvalue weighted by molar-refractivity contribution is 6.02. The summed E-state index contributed by atoms with van der Waals surface area (Å²) < 4.78 is 0. The molecule has 3 unspecified atom stereocenters. The van der Waals surface area contributed by atoms with Crippen LogP contribution in [0.25, 0.3) is 10.9 Å². The van der Waals surface area contributed by atoms with Crippen LogP contribution in [-0.4, -0.2) is 55.1 Å². The zero-order valence-electron chi connectivity index (χ0n) is 18.1. The number of carboxylic acid groups (broad SMARTS) is 1. The van der Waals surface area contributed by atoms with Crippen molar-refractivity contribution in [3.8, 4) is 5.75 Å². The Morgan fingerprint density at radius 1 is 1.09 bits per heavy atom. The number of amides is 2. The molecule has 174 valence electrons. The second-order valence-corrected chi connectivity index (χ2v) is 7.85. The predicted molar refractivity (Wildman–Crippen MR) is 121 cm³/mol. The van der Waals surface area contributed by atoms with Gasteiger partial charge in [0.2, 0.25) is 11.8 Å². The minimum absolute atomic E-state index is 0.0184. The average molecular weight is 453 g/mol. The van der Waals surface area contributed by atoms with Gasteiger partial charge in [-0.1, -0.05) is 37.3 Å². The van der Waals surface area contributed by atoms with E-state index < -0.39 is 36.0 Å². The molecule has 3 aromatic rings. The molecule has 0 fully saturated rings. The van der Waals surface area contributed by atoms with Gasteiger partial charge in [-0.3, -0.25) is 14.5 Å². The Hall–Kier alpha value is -3.69. The quantitative estimate of drug-likeness (QED) is 0.332. The van der Waals surface area contributed by atoms with Crippen LogP contribution in [0.1, 0.15) is 37.0 Å². The molecule has 0 aliphatic carbocycles. The zero-order chi connectivity index (χ0) is 24.1. The van der Waals surface area contributed by atoms with E-state index in [-0.39, 0.29) is 24.2 Å². The molecule has 0 saturated carbocycles. The molecule has 2 aromatic carbocycles. The highest BCUT2D eigenvalue weighted by atomic mass is 16.4. The number of benzene rings is 2. The molecule has 0 aliphatic heterocycles. The summed E-state index contributed by atoms with van der Waals surface area (Å²) in [6, 6.07) is 9.94. The number of aromatic nitrogens is 1. The second-order valence-electron chi connectivity index (χ2n) is 7.85. The van der Waals surface area contributed by atoms with Gasteiger partial charge in [-0.05, 0) is 36.6 Å². The number of H-pyrrole nitrogens is 1. The molecule has 2 amide bonds. The number of nitrogens with zero attached hydrogens (tertiary/aromatic N) is 1. The summed E-state index contributed by atoms with van der Waals surface area (Å²) in [6.07, 6.45) is 0.108. The van der Waals surface area contributed by atoms with Crippen LogP contribution in [0.4, 0.5) is 0 Å². The minimum atomic E-state index is -1.86. The first-order valence-electron chi connectivity index (χ1n) is 10.6. The van der Waals surface area contributed by atoms with Gasteiger partial charge < -0.3 is 26.0 Å². The van der Waals surface area contributed by atoms with Crippen molar-refractivity contribution < 1.29 is 29.7 Å². The van der Waals surface area contributed by atoms with E-state index in [4.69, 9.17) is 5.73 Å². The Morgan fingerprint density at radius 2 is 1.76 bits per heavy atom. The van der Waals surface area contributed by atoms with Crippen LogP contribution in [0.3, 0.4) is 0 Å². The minimum Gasteiger partial charge on any atom is -0.508 e. The summed E-state index contributed by atoms with van der Waals surface area (Å²) in [7, 11) is 0. The average Bonchev–Trinajstić information content (AvgIpc) is 3.22. The van der Waals surface area contributed by atoms with Gasteiger partial charge in [0, 0.05) is 29.1 Å². The van der Waals surface area contributed by atoms with Crippen molar-refractivity contribution in [2.45, 2.75) is 44.4 Å². The van der Waals surface area contributed by atoms with Gasteiger partial charge in [-0.15, -0.1) is 0 Å². The summed E-state index contributed by atoms with van der Waals surface area (Å²) in [6.45, 7) is 1.72. The number of rotatable bonds is 9. The molecule has 33 heavy (non-hydrogen) atoms. The zero-order valence-corrected chi connectivity index (χ0v) is 18.1. The lowest BCUT2D eigenvalue weighted by molar-refractivity contribution is -0.163. The Morgan fingerprint density at radius 3 is 2.39 bits per heavy atom. The maximum Gasteiger partial charge on any atom is 0.330 e. The van der Waals surface area contributed by atoms with Crippen molar-refractivity contribution in [1.82, 2.24) is 9.88 Å². The van der Waals surface area contributed by atoms with Gasteiger partial charge in [-0.25, -0.2) is 4.79 Å². The van der Waals surface area contributed by atoms with Gasteiger partial charge >= 0.3 is 5.97 Å². The number of aliphatic hydroxyl groups excluding tert-OH is 1. The Balaban J connectivity index is 1.96. The van der Waals surface area contributed by atoms with E-state index >= 15 is 0 Å². The number of fused-ring (bicyclic) bond motifs is 1. The fourth-order valence-corrected chi connectivity index (χ4v) is 3.80. The van der Waals surface area contributed by atoms with Gasteiger partial charge in [0.25, 0.3) is 0 Å². The van der Waals surface area contributed by atoms with Crippen molar-refractivity contribution in [3.63, 3.8) is 0 Å². The lowest BCUT2D eigenvalue weighted by atomic mass is 9.98. The monoisotopic (exact) mass is 453 g/mol. The SMILES string of the molecule is CCCC(=O)N(C(=O)C(N)Cc1ccc(O)cc1)C(C(=O)O)C(O)c1c[nH]c2ccccc12. The van der Waals surface area contributed by atoms with Gasteiger partial charge in [0.05, 0.1) is 6.04 Å². The van der Waals surface area contributed by atoms with Gasteiger partial charge in [0.1, 0.15) is 11.9 Å². The topological polar surface area (TPSA) is 157 Å². The van der Waals surface area contributed by atoms with Crippen LogP contribution in [0, 0.1) is 0 Å². The molecule has 0 saturated heterocycles. The molecule has 0 aliphatic rings. The second kappa shape index (κ2) is 10.3. The highest BCUT2D eigenvalue weighted by Crippen LogP contribution is 2.29. The number of aliphatic carboxylic acids is 1. The molecule has 0 bridgehead atoms. The lowest BCUT2D eigenvalue weighted by Gasteiger charge is -2.32. The van der Waals surface area contributed by atoms with E-state index in [0.29, 0.717) is 27.8 Å². The number of carbonyl (C=O) groups excluding carboxylic acids is 2. The normalized spacial score (nSPS) is 13.9. The molecule has 0 radical (unpaired) electrons. The number of para-hydroxylation sites is 1. The lowest BCUT2D eigenvalue weighted by Crippen LogP contribution is -2.56. The Kier molecular flexibility index (Phi) is 7.47. The van der Waals surface area contributed by atoms with Crippen molar-refractivity contribution in [1.29, 1.82) is 0 Å². The molecule has 3 atom stereocenters. The Labute approximate surface area is 190 Å². The highest BCUT2D eigenvalue weighted by Gasteiger charge is 2.42. The van der Waals surface area contributed by atoms with E-state index in [2.05, 4.69) is 4.98 Å². The third-order valence-corrected chi connectivity index (χ3v) is 5.45. The number of phenols is 1. The first kappa shape index (κ1) is 24.0. The summed E-state index contributed by atoms with van der Waals surface area (Å²) in [5.41, 5.74) is 7.64. The standard InChI is InChI=1S/C24H27N3O6/c1-2-5-20(29)27(23(31)18(25)12-14-8-10-15(28)11-9-14)21(24(32)33)22(30)17-13-26-19-7-4-3-6-16(17)19/h3-4,6-11,13,18,21-22,26,28,30H,2,5,12,25H2,1H3,(H,32,33). The maximum absolute atomic E-state index is 13.3. The number of aromatic hydroxyl groups is 1. The van der Waals surface area contributed by atoms with Crippen LogP contribution >= 0.6 is 0 Å². The van der Waals surface area contributed by atoms with E-state index in [1.165, 1.54) is 18.3 Å². The number of aliphatic hydroxyl groups is 1. The van der Waals surface area contributed by atoms with Crippen molar-refractivity contribution in [2.24, 2.45) is 5.73 Å². The van der Waals surface area contributed by atoms with E-state index in [0.717, 1.165) is 0 Å². The van der Waals surface area contributed by atoms with Crippen LogP contribution in [0.5, 0.6) is 5.75 Å². The number of hydrogen-bond donors (Lipinski definition) is 5. The van der Waals surface area contributed by atoms with Crippen LogP contribution in [-0.2, 0) is 20.8 Å². The van der Waals surface area contributed by atoms with E-state index in [9.17, 15) is 29.7 Å². The molecular weight excluding hydrogens is 426 g/mol. The van der Waals surface area contributed by atoms with Crippen molar-refractivity contribution in [3.05, 3.63) is 65.9 Å². The molecule has 1 aromatic heterocycles. The number of hydrogen-bond acceptors (Lipinski definition) is 6. The predicted octanol–water partition coefficient (Wildman–Crippen LogP) is 2.09. The van der Waals surface area contributed by atoms with Crippen LogP contribution in [0.15, 0.2) is 54.7 Å². The molecule has 9 nitrogen and oxygen atoms in total. The summed E-state index contributed by atoms with van der Waals surface area (Å²) in [5.74, 6) is -3.10. The smallest absolute Gasteiger partial charge is 0.330 e.